The number of aromatic nitrogens is 1. The van der Waals surface area contributed by atoms with Crippen LogP contribution in [0.5, 0.6) is 5.75 Å². The zero-order valence-corrected chi connectivity index (χ0v) is 14.9. The number of fused-ring (bicyclic) bond motifs is 1. The van der Waals surface area contributed by atoms with Gasteiger partial charge in [-0.3, -0.25) is 9.80 Å². The molecule has 2 aromatic rings. The summed E-state index contributed by atoms with van der Waals surface area (Å²) in [5.41, 5.74) is 1.07. The summed E-state index contributed by atoms with van der Waals surface area (Å²) in [6.07, 6.45) is 6.69. The van der Waals surface area contributed by atoms with Gasteiger partial charge in [0, 0.05) is 36.2 Å². The van der Waals surface area contributed by atoms with E-state index in [9.17, 15) is 5.11 Å². The highest BCUT2D eigenvalue weighted by molar-refractivity contribution is 5.85. The quantitative estimate of drug-likeness (QED) is 0.846. The molecule has 2 saturated heterocycles. The Morgan fingerprint density at radius 1 is 1.16 bits per heavy atom. The number of nitrogens with zero attached hydrogens (tertiary/aromatic N) is 2. The average Bonchev–Trinajstić information content (AvgIpc) is 3.31. The third kappa shape index (κ3) is 4.00. The van der Waals surface area contributed by atoms with E-state index in [0.717, 1.165) is 29.7 Å². The van der Waals surface area contributed by atoms with E-state index in [0.29, 0.717) is 19.2 Å². The molecule has 4 rings (SSSR count). The lowest BCUT2D eigenvalue weighted by Crippen LogP contribution is -2.49. The van der Waals surface area contributed by atoms with Crippen molar-refractivity contribution < 1.29 is 9.84 Å². The van der Waals surface area contributed by atoms with E-state index in [2.05, 4.69) is 14.8 Å². The fraction of sp³-hybridized carbons (Fsp3) is 0.600. The molecule has 136 valence electrons. The van der Waals surface area contributed by atoms with Gasteiger partial charge in [0.25, 0.3) is 0 Å². The highest BCUT2D eigenvalue weighted by Gasteiger charge is 2.27. The summed E-state index contributed by atoms with van der Waals surface area (Å²) in [6, 6.07) is 8.67. The molecule has 5 heteroatoms. The van der Waals surface area contributed by atoms with Crippen molar-refractivity contribution in [3.05, 3.63) is 30.5 Å². The molecule has 0 bridgehead atoms. The summed E-state index contributed by atoms with van der Waals surface area (Å²) >= 11 is 0. The fourth-order valence-electron chi connectivity index (χ4n) is 4.32. The van der Waals surface area contributed by atoms with Gasteiger partial charge in [-0.2, -0.15) is 0 Å². The highest BCUT2D eigenvalue weighted by Crippen LogP contribution is 2.25. The zero-order chi connectivity index (χ0) is 17.1. The van der Waals surface area contributed by atoms with Crippen molar-refractivity contribution in [3.63, 3.8) is 0 Å². The Morgan fingerprint density at radius 2 is 2.04 bits per heavy atom. The van der Waals surface area contributed by atoms with Crippen molar-refractivity contribution in [2.45, 2.75) is 37.8 Å². The SMILES string of the molecule is OC(COc1cccc2[nH]ccc12)CN1CCCC(N2CCCC2)C1. The van der Waals surface area contributed by atoms with E-state index >= 15 is 0 Å². The molecule has 2 aliphatic rings. The van der Waals surface area contributed by atoms with Crippen LogP contribution in [0.15, 0.2) is 30.5 Å². The van der Waals surface area contributed by atoms with E-state index in [1.54, 1.807) is 0 Å². The number of hydrogen-bond donors (Lipinski definition) is 2. The first kappa shape index (κ1) is 16.9. The van der Waals surface area contributed by atoms with Crippen molar-refractivity contribution in [3.8, 4) is 5.75 Å². The Bertz CT molecular complexity index is 680. The number of aliphatic hydroxyl groups is 1. The van der Waals surface area contributed by atoms with E-state index in [4.69, 9.17) is 4.74 Å². The summed E-state index contributed by atoms with van der Waals surface area (Å²) in [4.78, 5) is 8.24. The number of nitrogens with one attached hydrogen (secondary N) is 1. The first-order valence-corrected chi connectivity index (χ1v) is 9.63. The van der Waals surface area contributed by atoms with E-state index in [1.165, 1.54) is 38.8 Å². The van der Waals surface area contributed by atoms with Crippen LogP contribution in [0.2, 0.25) is 0 Å². The van der Waals surface area contributed by atoms with Crippen molar-refractivity contribution >= 4 is 10.9 Å². The molecule has 0 saturated carbocycles. The van der Waals surface area contributed by atoms with Gasteiger partial charge in [-0.05, 0) is 63.5 Å². The van der Waals surface area contributed by atoms with Gasteiger partial charge < -0.3 is 14.8 Å². The first-order valence-electron chi connectivity index (χ1n) is 9.63. The van der Waals surface area contributed by atoms with Gasteiger partial charge in [0.05, 0.1) is 0 Å². The molecule has 5 nitrogen and oxygen atoms in total. The van der Waals surface area contributed by atoms with Gasteiger partial charge in [-0.15, -0.1) is 0 Å². The Kier molecular flexibility index (Phi) is 5.25. The highest BCUT2D eigenvalue weighted by atomic mass is 16.5. The largest absolute Gasteiger partial charge is 0.490 e. The van der Waals surface area contributed by atoms with Crippen LogP contribution in [0.3, 0.4) is 0 Å². The molecule has 0 radical (unpaired) electrons. The molecule has 2 unspecified atom stereocenters. The fourth-order valence-corrected chi connectivity index (χ4v) is 4.32. The second-order valence-electron chi connectivity index (χ2n) is 7.46. The number of benzene rings is 1. The topological polar surface area (TPSA) is 51.7 Å². The van der Waals surface area contributed by atoms with E-state index in [1.807, 2.05) is 30.5 Å². The maximum absolute atomic E-state index is 10.4. The van der Waals surface area contributed by atoms with Crippen LogP contribution in [-0.2, 0) is 0 Å². The number of aliphatic hydroxyl groups excluding tert-OH is 1. The summed E-state index contributed by atoms with van der Waals surface area (Å²) in [7, 11) is 0. The van der Waals surface area contributed by atoms with Crippen molar-refractivity contribution in [1.29, 1.82) is 0 Å². The molecule has 3 heterocycles. The lowest BCUT2D eigenvalue weighted by Gasteiger charge is -2.38. The van der Waals surface area contributed by atoms with Crippen LogP contribution in [0.1, 0.15) is 25.7 Å². The maximum Gasteiger partial charge on any atom is 0.128 e. The molecular weight excluding hydrogens is 314 g/mol. The minimum Gasteiger partial charge on any atom is -0.490 e. The normalized spacial score (nSPS) is 24.0. The summed E-state index contributed by atoms with van der Waals surface area (Å²) < 4.78 is 5.90. The molecule has 2 atom stereocenters. The van der Waals surface area contributed by atoms with Crippen molar-refractivity contribution in [2.75, 3.05) is 39.3 Å². The van der Waals surface area contributed by atoms with Crippen LogP contribution < -0.4 is 4.74 Å². The number of hydrogen-bond acceptors (Lipinski definition) is 4. The number of rotatable bonds is 6. The zero-order valence-electron chi connectivity index (χ0n) is 14.9. The Hall–Kier alpha value is -1.56. The molecule has 0 aliphatic carbocycles. The van der Waals surface area contributed by atoms with Gasteiger partial charge >= 0.3 is 0 Å². The van der Waals surface area contributed by atoms with Gasteiger partial charge in [0.15, 0.2) is 0 Å². The molecule has 0 amide bonds. The van der Waals surface area contributed by atoms with Gasteiger partial charge in [-0.25, -0.2) is 0 Å². The number of H-pyrrole nitrogens is 1. The number of β-amino-alcohol motifs (C(OH)–C–C–N with tert-alkyl or cyclic N) is 1. The minimum atomic E-state index is -0.452. The molecular formula is C20H29N3O2. The molecule has 1 aromatic carbocycles. The molecule has 25 heavy (non-hydrogen) atoms. The minimum absolute atomic E-state index is 0.342. The molecule has 1 aromatic heterocycles. The number of piperidine rings is 1. The second-order valence-corrected chi connectivity index (χ2v) is 7.46. The number of aromatic amines is 1. The molecule has 2 aliphatic heterocycles. The van der Waals surface area contributed by atoms with Gasteiger partial charge in [-0.1, -0.05) is 6.07 Å². The third-order valence-electron chi connectivity index (χ3n) is 5.59. The molecule has 2 fully saturated rings. The van der Waals surface area contributed by atoms with Gasteiger partial charge in [0.2, 0.25) is 0 Å². The summed E-state index contributed by atoms with van der Waals surface area (Å²) in [5, 5.41) is 11.5. The predicted octanol–water partition coefficient (Wildman–Crippen LogP) is 2.47. The second kappa shape index (κ2) is 7.77. The van der Waals surface area contributed by atoms with Crippen LogP contribution in [0.4, 0.5) is 0 Å². The van der Waals surface area contributed by atoms with E-state index in [-0.39, 0.29) is 0 Å². The molecule has 0 spiro atoms. The Morgan fingerprint density at radius 3 is 2.92 bits per heavy atom. The predicted molar refractivity (Wildman–Crippen MR) is 100 cm³/mol. The summed E-state index contributed by atoms with van der Waals surface area (Å²) in [5.74, 6) is 0.839. The number of ether oxygens (including phenoxy) is 1. The average molecular weight is 343 g/mol. The number of likely N-dealkylation sites (tertiary alicyclic amines) is 2. The Balaban J connectivity index is 1.28. The third-order valence-corrected chi connectivity index (χ3v) is 5.59. The summed E-state index contributed by atoms with van der Waals surface area (Å²) in [6.45, 7) is 5.73. The van der Waals surface area contributed by atoms with Crippen LogP contribution in [0, 0.1) is 0 Å². The van der Waals surface area contributed by atoms with Crippen molar-refractivity contribution in [2.24, 2.45) is 0 Å². The lowest BCUT2D eigenvalue weighted by molar-refractivity contribution is 0.0419. The van der Waals surface area contributed by atoms with Crippen LogP contribution in [-0.4, -0.2) is 71.4 Å². The first-order chi connectivity index (χ1) is 12.3. The van der Waals surface area contributed by atoms with Crippen molar-refractivity contribution in [1.82, 2.24) is 14.8 Å². The molecule has 2 N–H and O–H groups in total. The monoisotopic (exact) mass is 343 g/mol. The lowest BCUT2D eigenvalue weighted by atomic mass is 10.0. The van der Waals surface area contributed by atoms with Gasteiger partial charge in [0.1, 0.15) is 18.5 Å². The standard InChI is InChI=1S/C20H29N3O2/c24-17(15-25-20-7-3-6-19-18(20)8-9-21-19)14-22-10-4-5-16(13-22)23-11-1-2-12-23/h3,6-9,16-17,21,24H,1-2,4-5,10-15H2. The van der Waals surface area contributed by atoms with Crippen LogP contribution in [0.25, 0.3) is 10.9 Å². The smallest absolute Gasteiger partial charge is 0.128 e. The van der Waals surface area contributed by atoms with Crippen LogP contribution >= 0.6 is 0 Å². The van der Waals surface area contributed by atoms with E-state index < -0.39 is 6.10 Å². The Labute approximate surface area is 149 Å². The maximum atomic E-state index is 10.4.